The van der Waals surface area contributed by atoms with Crippen molar-refractivity contribution in [2.24, 2.45) is 7.05 Å². The van der Waals surface area contributed by atoms with Crippen LogP contribution in [0.2, 0.25) is 5.15 Å². The van der Waals surface area contributed by atoms with Crippen LogP contribution in [0, 0.1) is 0 Å². The van der Waals surface area contributed by atoms with Crippen molar-refractivity contribution in [1.82, 2.24) is 9.78 Å². The Morgan fingerprint density at radius 1 is 1.56 bits per heavy atom. The number of halogens is 1. The molecule has 0 bridgehead atoms. The lowest BCUT2D eigenvalue weighted by atomic mass is 9.98. The molecule has 1 N–H and O–H groups in total. The molecule has 0 amide bonds. The Morgan fingerprint density at radius 2 is 2.25 bits per heavy atom. The van der Waals surface area contributed by atoms with E-state index in [1.807, 2.05) is 12.1 Å². The van der Waals surface area contributed by atoms with Gasteiger partial charge in [0.15, 0.2) is 5.15 Å². The zero-order valence-electron chi connectivity index (χ0n) is 8.94. The zero-order chi connectivity index (χ0) is 11.9. The molecule has 0 spiro atoms. The van der Waals surface area contributed by atoms with E-state index in [2.05, 4.69) is 5.10 Å². The fourth-order valence-corrected chi connectivity index (χ4v) is 2.10. The molecule has 2 rings (SSSR count). The van der Waals surface area contributed by atoms with Gasteiger partial charge in [0.25, 0.3) is 0 Å². The lowest BCUT2D eigenvalue weighted by molar-refractivity contribution is -0.138. The van der Waals surface area contributed by atoms with Gasteiger partial charge in [-0.25, -0.2) is 0 Å². The van der Waals surface area contributed by atoms with E-state index in [0.717, 1.165) is 10.9 Å². The summed E-state index contributed by atoms with van der Waals surface area (Å²) in [6.07, 6.45) is 0. The number of rotatable bonds is 2. The Labute approximate surface area is 97.4 Å². The molecule has 4 nitrogen and oxygen atoms in total. The summed E-state index contributed by atoms with van der Waals surface area (Å²) in [7, 11) is 1.78. The molecular weight excluding hydrogens is 228 g/mol. The Bertz CT molecular complexity index is 562. The fraction of sp³-hybridized carbons (Fsp3) is 0.273. The molecule has 0 aliphatic rings. The lowest BCUT2D eigenvalue weighted by Gasteiger charge is -2.08. The molecule has 5 heteroatoms. The topological polar surface area (TPSA) is 55.1 Å². The standard InChI is InChI=1S/C11H11ClN2O2/c1-6(11(15)16)7-4-3-5-8-9(7)10(12)13-14(8)2/h3-6H,1-2H3,(H,15,16). The highest BCUT2D eigenvalue weighted by Gasteiger charge is 2.19. The molecule has 0 aliphatic heterocycles. The van der Waals surface area contributed by atoms with Crippen LogP contribution < -0.4 is 0 Å². The first-order valence-electron chi connectivity index (χ1n) is 4.86. The smallest absolute Gasteiger partial charge is 0.310 e. The Balaban J connectivity index is 2.75. The number of carbonyl (C=O) groups is 1. The van der Waals surface area contributed by atoms with Gasteiger partial charge in [0.2, 0.25) is 0 Å². The normalized spacial score (nSPS) is 12.9. The van der Waals surface area contributed by atoms with Crippen LogP contribution in [0.25, 0.3) is 10.9 Å². The summed E-state index contributed by atoms with van der Waals surface area (Å²) in [6, 6.07) is 5.45. The molecule has 1 aromatic carbocycles. The van der Waals surface area contributed by atoms with E-state index in [9.17, 15) is 4.79 Å². The molecule has 84 valence electrons. The maximum atomic E-state index is 11.0. The van der Waals surface area contributed by atoms with Gasteiger partial charge in [-0.3, -0.25) is 9.48 Å². The van der Waals surface area contributed by atoms with Gasteiger partial charge in [-0.2, -0.15) is 5.10 Å². The minimum Gasteiger partial charge on any atom is -0.481 e. The second-order valence-electron chi connectivity index (χ2n) is 3.72. The second-order valence-corrected chi connectivity index (χ2v) is 4.07. The van der Waals surface area contributed by atoms with Gasteiger partial charge in [-0.1, -0.05) is 23.7 Å². The number of carboxylic acids is 1. The van der Waals surface area contributed by atoms with E-state index in [1.54, 1.807) is 24.7 Å². The van der Waals surface area contributed by atoms with Crippen molar-refractivity contribution >= 4 is 28.5 Å². The van der Waals surface area contributed by atoms with Crippen molar-refractivity contribution in [2.75, 3.05) is 0 Å². The number of hydrogen-bond acceptors (Lipinski definition) is 2. The van der Waals surface area contributed by atoms with Crippen LogP contribution in [-0.4, -0.2) is 20.9 Å². The summed E-state index contributed by atoms with van der Waals surface area (Å²) in [5.41, 5.74) is 1.54. The number of aromatic nitrogens is 2. The largest absolute Gasteiger partial charge is 0.481 e. The number of fused-ring (bicyclic) bond motifs is 1. The summed E-state index contributed by atoms with van der Waals surface area (Å²) >= 11 is 6.01. The van der Waals surface area contributed by atoms with Crippen LogP contribution in [0.3, 0.4) is 0 Å². The van der Waals surface area contributed by atoms with Gasteiger partial charge in [0.05, 0.1) is 11.4 Å². The zero-order valence-corrected chi connectivity index (χ0v) is 9.69. The molecule has 2 aromatic rings. The molecule has 0 fully saturated rings. The number of aliphatic carboxylic acids is 1. The van der Waals surface area contributed by atoms with Crippen LogP contribution in [0.4, 0.5) is 0 Å². The van der Waals surface area contributed by atoms with Crippen molar-refractivity contribution in [3.63, 3.8) is 0 Å². The first kappa shape index (κ1) is 11.0. The molecule has 0 saturated heterocycles. The van der Waals surface area contributed by atoms with E-state index in [1.165, 1.54) is 0 Å². The summed E-state index contributed by atoms with van der Waals surface area (Å²) in [5.74, 6) is -1.46. The average Bonchev–Trinajstić information content (AvgIpc) is 2.54. The van der Waals surface area contributed by atoms with Crippen molar-refractivity contribution in [1.29, 1.82) is 0 Å². The minimum absolute atomic E-state index is 0.348. The van der Waals surface area contributed by atoms with Crippen molar-refractivity contribution in [3.05, 3.63) is 28.9 Å². The molecule has 0 radical (unpaired) electrons. The van der Waals surface area contributed by atoms with Gasteiger partial charge in [-0.05, 0) is 18.6 Å². The third-order valence-electron chi connectivity index (χ3n) is 2.70. The Morgan fingerprint density at radius 3 is 2.88 bits per heavy atom. The van der Waals surface area contributed by atoms with Crippen molar-refractivity contribution < 1.29 is 9.90 Å². The minimum atomic E-state index is -0.868. The van der Waals surface area contributed by atoms with Crippen LogP contribution in [0.5, 0.6) is 0 Å². The highest BCUT2D eigenvalue weighted by molar-refractivity contribution is 6.34. The summed E-state index contributed by atoms with van der Waals surface area (Å²) in [6.45, 7) is 1.64. The van der Waals surface area contributed by atoms with Gasteiger partial charge >= 0.3 is 5.97 Å². The van der Waals surface area contributed by atoms with Crippen LogP contribution >= 0.6 is 11.6 Å². The third kappa shape index (κ3) is 1.55. The summed E-state index contributed by atoms with van der Waals surface area (Å²) < 4.78 is 1.65. The molecular formula is C11H11ClN2O2. The van der Waals surface area contributed by atoms with Gasteiger partial charge < -0.3 is 5.11 Å². The molecule has 0 saturated carbocycles. The number of aryl methyl sites for hydroxylation is 1. The summed E-state index contributed by atoms with van der Waals surface area (Å²) in [4.78, 5) is 11.0. The first-order valence-corrected chi connectivity index (χ1v) is 5.24. The molecule has 16 heavy (non-hydrogen) atoms. The molecule has 1 aromatic heterocycles. The quantitative estimate of drug-likeness (QED) is 0.874. The number of benzene rings is 1. The predicted octanol–water partition coefficient (Wildman–Crippen LogP) is 2.41. The highest BCUT2D eigenvalue weighted by atomic mass is 35.5. The molecule has 1 atom stereocenters. The van der Waals surface area contributed by atoms with Crippen molar-refractivity contribution in [2.45, 2.75) is 12.8 Å². The van der Waals surface area contributed by atoms with Crippen LogP contribution in [-0.2, 0) is 11.8 Å². The monoisotopic (exact) mass is 238 g/mol. The number of carboxylic acid groups (broad SMARTS) is 1. The van der Waals surface area contributed by atoms with E-state index in [-0.39, 0.29) is 0 Å². The molecule has 0 aliphatic carbocycles. The fourth-order valence-electron chi connectivity index (χ4n) is 1.78. The van der Waals surface area contributed by atoms with Gasteiger partial charge in [0, 0.05) is 12.4 Å². The average molecular weight is 239 g/mol. The first-order chi connectivity index (χ1) is 7.52. The summed E-state index contributed by atoms with van der Waals surface area (Å²) in [5, 5.41) is 14.2. The van der Waals surface area contributed by atoms with Crippen LogP contribution in [0.15, 0.2) is 18.2 Å². The Kier molecular flexibility index (Phi) is 2.59. The van der Waals surface area contributed by atoms with Crippen LogP contribution in [0.1, 0.15) is 18.4 Å². The number of hydrogen-bond donors (Lipinski definition) is 1. The van der Waals surface area contributed by atoms with E-state index in [0.29, 0.717) is 10.7 Å². The molecule has 1 heterocycles. The second kappa shape index (κ2) is 3.79. The van der Waals surface area contributed by atoms with E-state index >= 15 is 0 Å². The maximum absolute atomic E-state index is 11.0. The molecule has 1 unspecified atom stereocenters. The SMILES string of the molecule is CC(C(=O)O)c1cccc2c1c(Cl)nn2C. The lowest BCUT2D eigenvalue weighted by Crippen LogP contribution is -2.07. The van der Waals surface area contributed by atoms with Gasteiger partial charge in [-0.15, -0.1) is 0 Å². The van der Waals surface area contributed by atoms with Crippen molar-refractivity contribution in [3.8, 4) is 0 Å². The Hall–Kier alpha value is -1.55. The predicted molar refractivity (Wildman–Crippen MR) is 61.8 cm³/mol. The highest BCUT2D eigenvalue weighted by Crippen LogP contribution is 2.30. The van der Waals surface area contributed by atoms with E-state index in [4.69, 9.17) is 16.7 Å². The maximum Gasteiger partial charge on any atom is 0.310 e. The van der Waals surface area contributed by atoms with E-state index < -0.39 is 11.9 Å². The number of nitrogens with zero attached hydrogens (tertiary/aromatic N) is 2. The van der Waals surface area contributed by atoms with Gasteiger partial charge in [0.1, 0.15) is 0 Å². The third-order valence-corrected chi connectivity index (χ3v) is 2.97.